The predicted molar refractivity (Wildman–Crippen MR) is 95.9 cm³/mol. The molecular formula is C15H28ClN3O4S. The normalized spacial score (nSPS) is 14.4. The van der Waals surface area contributed by atoms with E-state index >= 15 is 0 Å². The third-order valence-electron chi connectivity index (χ3n) is 3.60. The van der Waals surface area contributed by atoms with Gasteiger partial charge in [-0.05, 0) is 26.2 Å². The minimum atomic E-state index is -3.72. The second kappa shape index (κ2) is 8.33. The lowest BCUT2D eigenvalue weighted by molar-refractivity contribution is 0.0896. The molecule has 0 radical (unpaired) electrons. The van der Waals surface area contributed by atoms with Crippen molar-refractivity contribution < 1.29 is 17.6 Å². The summed E-state index contributed by atoms with van der Waals surface area (Å²) in [7, 11) is -0.911. The number of hydrogen-bond acceptors (Lipinski definition) is 5. The Morgan fingerprint density at radius 3 is 2.38 bits per heavy atom. The second-order valence-electron chi connectivity index (χ2n) is 6.64. The van der Waals surface area contributed by atoms with Crippen molar-refractivity contribution in [1.82, 2.24) is 9.62 Å². The van der Waals surface area contributed by atoms with Gasteiger partial charge in [0.25, 0.3) is 15.9 Å². The van der Waals surface area contributed by atoms with E-state index in [0.29, 0.717) is 5.92 Å². The highest BCUT2D eigenvalue weighted by Gasteiger charge is 2.30. The van der Waals surface area contributed by atoms with Crippen LogP contribution in [0.25, 0.3) is 0 Å². The van der Waals surface area contributed by atoms with Crippen LogP contribution >= 0.6 is 12.4 Å². The van der Waals surface area contributed by atoms with Gasteiger partial charge in [-0.25, -0.2) is 12.7 Å². The summed E-state index contributed by atoms with van der Waals surface area (Å²) in [5.41, 5.74) is 5.44. The molecule has 0 fully saturated rings. The van der Waals surface area contributed by atoms with E-state index in [-0.39, 0.29) is 41.3 Å². The first-order valence-corrected chi connectivity index (χ1v) is 8.92. The zero-order valence-corrected chi connectivity index (χ0v) is 16.7. The molecular weight excluding hydrogens is 354 g/mol. The molecule has 1 atom stereocenters. The number of aryl methyl sites for hydroxylation is 1. The molecule has 0 bridgehead atoms. The number of nitrogens with two attached hydrogens (primary N) is 1. The van der Waals surface area contributed by atoms with Gasteiger partial charge in [-0.2, -0.15) is 0 Å². The van der Waals surface area contributed by atoms with Gasteiger partial charge in [-0.3, -0.25) is 4.79 Å². The van der Waals surface area contributed by atoms with Crippen LogP contribution in [0.5, 0.6) is 0 Å². The van der Waals surface area contributed by atoms with Crippen molar-refractivity contribution in [3.63, 3.8) is 0 Å². The maximum atomic E-state index is 12.5. The highest BCUT2D eigenvalue weighted by molar-refractivity contribution is 7.88. The fourth-order valence-corrected chi connectivity index (χ4v) is 3.27. The Morgan fingerprint density at radius 2 is 1.96 bits per heavy atom. The molecule has 3 N–H and O–H groups in total. The number of hydrogen-bond donors (Lipinski definition) is 2. The average Bonchev–Trinajstić information content (AvgIpc) is 2.80. The van der Waals surface area contributed by atoms with Crippen LogP contribution in [0, 0.1) is 12.8 Å². The third kappa shape index (κ3) is 5.20. The predicted octanol–water partition coefficient (Wildman–Crippen LogP) is 1.75. The Hall–Kier alpha value is -1.09. The van der Waals surface area contributed by atoms with E-state index in [1.807, 2.05) is 20.8 Å². The van der Waals surface area contributed by atoms with Crippen LogP contribution in [0.2, 0.25) is 0 Å². The largest absolute Gasteiger partial charge is 0.448 e. The Bertz CT molecular complexity index is 670. The summed E-state index contributed by atoms with van der Waals surface area (Å²) >= 11 is 0. The lowest BCUT2D eigenvalue weighted by Gasteiger charge is -2.31. The number of rotatable bonds is 7. The van der Waals surface area contributed by atoms with Gasteiger partial charge in [-0.1, -0.05) is 13.8 Å². The van der Waals surface area contributed by atoms with E-state index in [0.717, 1.165) is 10.7 Å². The molecule has 9 heteroatoms. The molecule has 1 rings (SSSR count). The maximum absolute atomic E-state index is 12.5. The first-order chi connectivity index (χ1) is 10.4. The number of sulfonamides is 1. The molecule has 1 amide bonds. The van der Waals surface area contributed by atoms with Gasteiger partial charge in [0.15, 0.2) is 0 Å². The molecule has 0 saturated heterocycles. The van der Waals surface area contributed by atoms with Gasteiger partial charge in [0, 0.05) is 32.2 Å². The van der Waals surface area contributed by atoms with E-state index < -0.39 is 15.6 Å². The van der Waals surface area contributed by atoms with Crippen LogP contribution in [-0.2, 0) is 10.0 Å². The minimum Gasteiger partial charge on any atom is -0.448 e. The number of amides is 1. The van der Waals surface area contributed by atoms with Crippen molar-refractivity contribution in [2.24, 2.45) is 11.7 Å². The van der Waals surface area contributed by atoms with Crippen LogP contribution < -0.4 is 11.1 Å². The molecule has 1 aromatic rings. The third-order valence-corrected chi connectivity index (χ3v) is 5.27. The summed E-state index contributed by atoms with van der Waals surface area (Å²) in [6.45, 7) is 7.82. The van der Waals surface area contributed by atoms with Crippen LogP contribution in [0.4, 0.5) is 0 Å². The van der Waals surface area contributed by atoms with Gasteiger partial charge in [0.05, 0.1) is 5.56 Å². The topological polar surface area (TPSA) is 106 Å². The van der Waals surface area contributed by atoms with E-state index in [1.165, 1.54) is 20.2 Å². The second-order valence-corrected chi connectivity index (χ2v) is 8.72. The van der Waals surface area contributed by atoms with Crippen molar-refractivity contribution in [1.29, 1.82) is 0 Å². The molecule has 1 aromatic heterocycles. The van der Waals surface area contributed by atoms with E-state index in [9.17, 15) is 13.2 Å². The Balaban J connectivity index is 0.00000529. The maximum Gasteiger partial charge on any atom is 0.275 e. The summed E-state index contributed by atoms with van der Waals surface area (Å²) in [5, 5.41) is 2.65. The number of nitrogens with one attached hydrogen (secondary N) is 1. The van der Waals surface area contributed by atoms with Gasteiger partial charge < -0.3 is 15.5 Å². The standard InChI is InChI=1S/C15H27N3O4S.ClH/c1-10(2)8-15(4,9-16)17-14(19)12-7-13(22-11(12)3)23(20,21)18(5)6;/h7,10H,8-9,16H2,1-6H3,(H,17,19);1H. The summed E-state index contributed by atoms with van der Waals surface area (Å²) in [5.74, 6) is 0.228. The van der Waals surface area contributed by atoms with Gasteiger partial charge in [-0.15, -0.1) is 12.4 Å². The molecule has 0 aliphatic carbocycles. The zero-order valence-electron chi connectivity index (χ0n) is 15.0. The molecule has 140 valence electrons. The van der Waals surface area contributed by atoms with E-state index in [2.05, 4.69) is 5.32 Å². The molecule has 0 aliphatic heterocycles. The van der Waals surface area contributed by atoms with Crippen molar-refractivity contribution in [2.75, 3.05) is 20.6 Å². The lowest BCUT2D eigenvalue weighted by atomic mass is 9.90. The number of carbonyl (C=O) groups excluding carboxylic acids is 1. The summed E-state index contributed by atoms with van der Waals surface area (Å²) in [6.07, 6.45) is 0.717. The van der Waals surface area contributed by atoms with Crippen molar-refractivity contribution >= 4 is 28.3 Å². The molecule has 0 aliphatic rings. The quantitative estimate of drug-likeness (QED) is 0.748. The SMILES string of the molecule is Cc1oc(S(=O)(=O)N(C)C)cc1C(=O)NC(C)(CN)CC(C)C.Cl. The Morgan fingerprint density at radius 1 is 1.42 bits per heavy atom. The number of furan rings is 1. The van der Waals surface area contributed by atoms with Crippen molar-refractivity contribution in [3.8, 4) is 0 Å². The van der Waals surface area contributed by atoms with E-state index in [1.54, 1.807) is 6.92 Å². The fraction of sp³-hybridized carbons (Fsp3) is 0.667. The Kier molecular flexibility index (Phi) is 7.95. The molecule has 7 nitrogen and oxygen atoms in total. The van der Waals surface area contributed by atoms with Crippen molar-refractivity contribution in [3.05, 3.63) is 17.4 Å². The Labute approximate surface area is 150 Å². The molecule has 0 saturated carbocycles. The molecule has 1 unspecified atom stereocenters. The zero-order chi connectivity index (χ0) is 18.0. The highest BCUT2D eigenvalue weighted by Crippen LogP contribution is 2.23. The van der Waals surface area contributed by atoms with Crippen LogP contribution in [0.15, 0.2) is 15.6 Å². The highest BCUT2D eigenvalue weighted by atomic mass is 35.5. The molecule has 0 aromatic carbocycles. The van der Waals surface area contributed by atoms with Gasteiger partial charge >= 0.3 is 0 Å². The number of halogens is 1. The monoisotopic (exact) mass is 381 g/mol. The first-order valence-electron chi connectivity index (χ1n) is 7.48. The molecule has 24 heavy (non-hydrogen) atoms. The smallest absolute Gasteiger partial charge is 0.275 e. The fourth-order valence-electron chi connectivity index (χ4n) is 2.42. The van der Waals surface area contributed by atoms with Crippen LogP contribution in [-0.4, -0.2) is 44.8 Å². The van der Waals surface area contributed by atoms with Gasteiger partial charge in [0.2, 0.25) is 5.09 Å². The van der Waals surface area contributed by atoms with Crippen LogP contribution in [0.3, 0.4) is 0 Å². The minimum absolute atomic E-state index is 0. The number of carbonyl (C=O) groups is 1. The number of nitrogens with zero attached hydrogens (tertiary/aromatic N) is 1. The van der Waals surface area contributed by atoms with Crippen molar-refractivity contribution in [2.45, 2.75) is 44.7 Å². The summed E-state index contributed by atoms with van der Waals surface area (Å²) in [4.78, 5) is 12.5. The average molecular weight is 382 g/mol. The molecule has 1 heterocycles. The summed E-state index contributed by atoms with van der Waals surface area (Å²) < 4.78 is 30.5. The lowest BCUT2D eigenvalue weighted by Crippen LogP contribution is -2.52. The van der Waals surface area contributed by atoms with E-state index in [4.69, 9.17) is 10.2 Å². The first kappa shape index (κ1) is 22.9. The molecule has 0 spiro atoms. The summed E-state index contributed by atoms with van der Waals surface area (Å²) in [6, 6.07) is 1.26. The van der Waals surface area contributed by atoms with Gasteiger partial charge in [0.1, 0.15) is 5.76 Å². The van der Waals surface area contributed by atoms with Crippen LogP contribution in [0.1, 0.15) is 43.3 Å².